The highest BCUT2D eigenvalue weighted by atomic mass is 16.7. The van der Waals surface area contributed by atoms with Crippen LogP contribution in [0.2, 0.25) is 0 Å². The molecule has 2 saturated carbocycles. The van der Waals surface area contributed by atoms with E-state index in [-0.39, 0.29) is 5.79 Å². The molecule has 0 amide bonds. The number of hydrogen-bond acceptors (Lipinski definition) is 3. The average Bonchev–Trinajstić information content (AvgIpc) is 3.04. The lowest BCUT2D eigenvalue weighted by atomic mass is 9.83. The Morgan fingerprint density at radius 1 is 0.944 bits per heavy atom. The maximum Gasteiger partial charge on any atom is 0.168 e. The highest BCUT2D eigenvalue weighted by Gasteiger charge is 2.39. The number of rotatable bonds is 4. The van der Waals surface area contributed by atoms with Crippen molar-refractivity contribution in [3.8, 4) is 0 Å². The van der Waals surface area contributed by atoms with Crippen LogP contribution in [0.5, 0.6) is 0 Å². The summed E-state index contributed by atoms with van der Waals surface area (Å²) in [6.07, 6.45) is 11.8. The van der Waals surface area contributed by atoms with Gasteiger partial charge in [0, 0.05) is 18.9 Å². The highest BCUT2D eigenvalue weighted by Crippen LogP contribution is 2.39. The van der Waals surface area contributed by atoms with Gasteiger partial charge in [-0.2, -0.15) is 0 Å². The molecule has 0 radical (unpaired) electrons. The molecule has 1 heterocycles. The Morgan fingerprint density at radius 2 is 1.61 bits per heavy atom. The van der Waals surface area contributed by atoms with Crippen LogP contribution in [0.4, 0.5) is 0 Å². The van der Waals surface area contributed by atoms with Crippen molar-refractivity contribution in [3.63, 3.8) is 0 Å². The Balaban J connectivity index is 1.32. The minimum absolute atomic E-state index is 0.171. The first-order valence-corrected chi connectivity index (χ1v) is 7.88. The van der Waals surface area contributed by atoms with Crippen molar-refractivity contribution < 1.29 is 9.47 Å². The van der Waals surface area contributed by atoms with Crippen LogP contribution in [0.25, 0.3) is 0 Å². The molecule has 0 aromatic heterocycles. The fourth-order valence-electron chi connectivity index (χ4n) is 3.81. The summed E-state index contributed by atoms with van der Waals surface area (Å²) in [6.45, 7) is 2.81. The zero-order chi connectivity index (χ0) is 12.3. The second-order valence-corrected chi connectivity index (χ2v) is 6.28. The fourth-order valence-corrected chi connectivity index (χ4v) is 3.81. The Hall–Kier alpha value is -0.120. The smallest absolute Gasteiger partial charge is 0.168 e. The van der Waals surface area contributed by atoms with Crippen molar-refractivity contribution in [1.29, 1.82) is 0 Å². The zero-order valence-electron chi connectivity index (χ0n) is 11.5. The van der Waals surface area contributed by atoms with Crippen molar-refractivity contribution in [2.24, 2.45) is 5.92 Å². The van der Waals surface area contributed by atoms with Crippen LogP contribution in [0.1, 0.15) is 57.8 Å². The summed E-state index contributed by atoms with van der Waals surface area (Å²) >= 11 is 0. The highest BCUT2D eigenvalue weighted by molar-refractivity contribution is 4.83. The molecule has 0 bridgehead atoms. The van der Waals surface area contributed by atoms with E-state index >= 15 is 0 Å². The maximum atomic E-state index is 5.78. The number of hydrogen-bond donors (Lipinski definition) is 1. The van der Waals surface area contributed by atoms with Gasteiger partial charge in [-0.15, -0.1) is 0 Å². The quantitative estimate of drug-likeness (QED) is 0.835. The van der Waals surface area contributed by atoms with Crippen LogP contribution < -0.4 is 5.32 Å². The van der Waals surface area contributed by atoms with Gasteiger partial charge in [0.15, 0.2) is 5.79 Å². The topological polar surface area (TPSA) is 30.5 Å². The van der Waals surface area contributed by atoms with Gasteiger partial charge in [-0.1, -0.05) is 12.8 Å². The lowest BCUT2D eigenvalue weighted by molar-refractivity contribution is -0.182. The van der Waals surface area contributed by atoms with Crippen LogP contribution in [0.3, 0.4) is 0 Å². The SMILES string of the molecule is C1CCC(NCCC2CCC3(CC2)OCCO3)C1. The van der Waals surface area contributed by atoms with Crippen LogP contribution in [-0.4, -0.2) is 31.6 Å². The monoisotopic (exact) mass is 253 g/mol. The van der Waals surface area contributed by atoms with Crippen LogP contribution >= 0.6 is 0 Å². The molecule has 1 N–H and O–H groups in total. The number of nitrogens with one attached hydrogen (secondary N) is 1. The van der Waals surface area contributed by atoms with Gasteiger partial charge in [0.1, 0.15) is 0 Å². The van der Waals surface area contributed by atoms with Gasteiger partial charge in [-0.05, 0) is 44.6 Å². The molecule has 0 aromatic carbocycles. The third-order valence-corrected chi connectivity index (χ3v) is 5.02. The fraction of sp³-hybridized carbons (Fsp3) is 1.00. The summed E-state index contributed by atoms with van der Waals surface area (Å²) < 4.78 is 11.6. The van der Waals surface area contributed by atoms with Crippen LogP contribution in [0.15, 0.2) is 0 Å². The molecule has 3 rings (SSSR count). The Kier molecular flexibility index (Phi) is 4.22. The van der Waals surface area contributed by atoms with Gasteiger partial charge < -0.3 is 14.8 Å². The predicted octanol–water partition coefficient (Wildman–Crippen LogP) is 2.84. The Bertz CT molecular complexity index is 247. The lowest BCUT2D eigenvalue weighted by Gasteiger charge is -2.35. The van der Waals surface area contributed by atoms with E-state index in [1.165, 1.54) is 51.5 Å². The van der Waals surface area contributed by atoms with Crippen molar-refractivity contribution in [1.82, 2.24) is 5.32 Å². The summed E-state index contributed by atoms with van der Waals surface area (Å²) in [5, 5.41) is 3.73. The van der Waals surface area contributed by atoms with Crippen molar-refractivity contribution in [2.75, 3.05) is 19.8 Å². The minimum Gasteiger partial charge on any atom is -0.348 e. The Morgan fingerprint density at radius 3 is 2.28 bits per heavy atom. The summed E-state index contributed by atoms with van der Waals surface area (Å²) in [5.41, 5.74) is 0. The van der Waals surface area contributed by atoms with Crippen molar-refractivity contribution >= 4 is 0 Å². The minimum atomic E-state index is -0.171. The zero-order valence-corrected chi connectivity index (χ0v) is 11.5. The van der Waals surface area contributed by atoms with Gasteiger partial charge in [-0.25, -0.2) is 0 Å². The molecule has 3 heteroatoms. The van der Waals surface area contributed by atoms with Gasteiger partial charge in [0.05, 0.1) is 13.2 Å². The van der Waals surface area contributed by atoms with Gasteiger partial charge >= 0.3 is 0 Å². The second-order valence-electron chi connectivity index (χ2n) is 6.28. The van der Waals surface area contributed by atoms with E-state index in [1.54, 1.807) is 0 Å². The van der Waals surface area contributed by atoms with E-state index in [0.717, 1.165) is 38.0 Å². The molecule has 0 unspecified atom stereocenters. The van der Waals surface area contributed by atoms with Crippen LogP contribution in [-0.2, 0) is 9.47 Å². The standard InChI is InChI=1S/C15H27NO2/c1-2-4-14(3-1)16-10-7-13-5-8-15(9-6-13)17-11-12-18-15/h13-14,16H,1-12H2. The molecule has 0 aromatic rings. The van der Waals surface area contributed by atoms with Gasteiger partial charge in [-0.3, -0.25) is 0 Å². The van der Waals surface area contributed by atoms with Crippen molar-refractivity contribution in [2.45, 2.75) is 69.6 Å². The average molecular weight is 253 g/mol. The first-order valence-electron chi connectivity index (χ1n) is 7.88. The number of ether oxygens (including phenoxy) is 2. The summed E-state index contributed by atoms with van der Waals surface area (Å²) in [5.74, 6) is 0.715. The summed E-state index contributed by atoms with van der Waals surface area (Å²) in [7, 11) is 0. The van der Waals surface area contributed by atoms with Crippen molar-refractivity contribution in [3.05, 3.63) is 0 Å². The molecule has 3 fully saturated rings. The molecule has 1 spiro atoms. The maximum absolute atomic E-state index is 5.78. The second kappa shape index (κ2) is 5.89. The van der Waals surface area contributed by atoms with E-state index < -0.39 is 0 Å². The van der Waals surface area contributed by atoms with E-state index in [1.807, 2.05) is 0 Å². The van der Waals surface area contributed by atoms with E-state index in [2.05, 4.69) is 5.32 Å². The normalized spacial score (nSPS) is 29.3. The molecule has 1 saturated heterocycles. The van der Waals surface area contributed by atoms with E-state index in [9.17, 15) is 0 Å². The van der Waals surface area contributed by atoms with Gasteiger partial charge in [0.25, 0.3) is 0 Å². The third-order valence-electron chi connectivity index (χ3n) is 5.02. The molecule has 3 aliphatic rings. The lowest BCUT2D eigenvalue weighted by Crippen LogP contribution is -2.36. The summed E-state index contributed by atoms with van der Waals surface area (Å²) in [4.78, 5) is 0. The van der Waals surface area contributed by atoms with Gasteiger partial charge in [0.2, 0.25) is 0 Å². The van der Waals surface area contributed by atoms with E-state index in [4.69, 9.17) is 9.47 Å². The van der Waals surface area contributed by atoms with E-state index in [0.29, 0.717) is 0 Å². The summed E-state index contributed by atoms with van der Waals surface area (Å²) in [6, 6.07) is 0.821. The predicted molar refractivity (Wildman–Crippen MR) is 71.5 cm³/mol. The molecule has 1 aliphatic heterocycles. The third kappa shape index (κ3) is 3.06. The first-order chi connectivity index (χ1) is 8.86. The van der Waals surface area contributed by atoms with Crippen LogP contribution in [0, 0.1) is 5.92 Å². The first kappa shape index (κ1) is 12.9. The Labute approximate surface area is 111 Å². The largest absolute Gasteiger partial charge is 0.348 e. The molecule has 18 heavy (non-hydrogen) atoms. The molecule has 0 atom stereocenters. The molecular formula is C15H27NO2. The molecule has 2 aliphatic carbocycles. The molecular weight excluding hydrogens is 226 g/mol. The molecule has 104 valence electrons. The molecule has 3 nitrogen and oxygen atoms in total.